The largest absolute Gasteiger partial charge is 0.481 e. The lowest BCUT2D eigenvalue weighted by molar-refractivity contribution is -0.140. The zero-order valence-corrected chi connectivity index (χ0v) is 12.6. The molecule has 0 spiro atoms. The van der Waals surface area contributed by atoms with E-state index >= 15 is 0 Å². The molecule has 0 radical (unpaired) electrons. The molecule has 1 aromatic rings. The molecular formula is C12H12BrClN2O3. The van der Waals surface area contributed by atoms with E-state index in [-0.39, 0.29) is 5.91 Å². The number of aliphatic carboxylic acids is 1. The zero-order chi connectivity index (χ0) is 14.4. The van der Waals surface area contributed by atoms with E-state index in [0.29, 0.717) is 15.3 Å². The van der Waals surface area contributed by atoms with Crippen molar-refractivity contribution in [3.05, 3.63) is 21.9 Å². The van der Waals surface area contributed by atoms with E-state index < -0.39 is 23.2 Å². The second kappa shape index (κ2) is 4.76. The van der Waals surface area contributed by atoms with Crippen molar-refractivity contribution in [1.29, 1.82) is 0 Å². The molecule has 7 heteroatoms. The topological polar surface area (TPSA) is 79.3 Å². The Balaban J connectivity index is 2.10. The van der Waals surface area contributed by atoms with E-state index in [9.17, 15) is 9.59 Å². The molecular weight excluding hydrogens is 336 g/mol. The van der Waals surface area contributed by atoms with Crippen LogP contribution in [-0.4, -0.2) is 22.0 Å². The summed E-state index contributed by atoms with van der Waals surface area (Å²) in [6, 6.07) is 1.62. The number of carbonyl (C=O) groups excluding carboxylic acids is 1. The Morgan fingerprint density at radius 2 is 2.11 bits per heavy atom. The van der Waals surface area contributed by atoms with Gasteiger partial charge < -0.3 is 10.4 Å². The van der Waals surface area contributed by atoms with Gasteiger partial charge in [-0.25, -0.2) is 4.98 Å². The molecule has 1 amide bonds. The third-order valence-corrected chi connectivity index (χ3v) is 4.57. The smallest absolute Gasteiger partial charge is 0.307 e. The molecule has 1 saturated carbocycles. The Morgan fingerprint density at radius 3 is 2.58 bits per heavy atom. The van der Waals surface area contributed by atoms with Crippen LogP contribution < -0.4 is 5.32 Å². The highest BCUT2D eigenvalue weighted by atomic mass is 79.9. The maximum absolute atomic E-state index is 12.1. The summed E-state index contributed by atoms with van der Waals surface area (Å²) in [5, 5.41) is 12.0. The van der Waals surface area contributed by atoms with Crippen molar-refractivity contribution in [1.82, 2.24) is 4.98 Å². The third kappa shape index (κ3) is 2.60. The van der Waals surface area contributed by atoms with Gasteiger partial charge in [-0.1, -0.05) is 25.4 Å². The number of amides is 1. The van der Waals surface area contributed by atoms with Crippen molar-refractivity contribution in [2.45, 2.75) is 13.8 Å². The summed E-state index contributed by atoms with van der Waals surface area (Å²) in [4.78, 5) is 27.0. The summed E-state index contributed by atoms with van der Waals surface area (Å²) in [6.07, 6.45) is 1.43. The number of anilines is 1. The molecule has 0 unspecified atom stereocenters. The number of rotatable bonds is 3. The molecule has 1 heterocycles. The molecule has 0 bridgehead atoms. The van der Waals surface area contributed by atoms with E-state index in [1.165, 1.54) is 6.20 Å². The number of hydrogen-bond donors (Lipinski definition) is 2. The highest BCUT2D eigenvalue weighted by molar-refractivity contribution is 9.10. The molecule has 2 atom stereocenters. The van der Waals surface area contributed by atoms with Crippen molar-refractivity contribution >= 4 is 45.1 Å². The van der Waals surface area contributed by atoms with Crippen molar-refractivity contribution < 1.29 is 14.7 Å². The minimum absolute atomic E-state index is 0.299. The molecule has 1 aliphatic carbocycles. The first kappa shape index (κ1) is 14.3. The summed E-state index contributed by atoms with van der Waals surface area (Å²) in [5.74, 6) is -2.43. The Hall–Kier alpha value is -1.14. The minimum atomic E-state index is -0.944. The van der Waals surface area contributed by atoms with E-state index in [4.69, 9.17) is 16.7 Å². The molecule has 2 N–H and O–H groups in total. The standard InChI is InChI=1S/C12H12BrClN2O3/c1-12(2)7(8(12)11(18)19)10(17)16-5-3-6(13)9(14)15-4-5/h3-4,7-8H,1-2H3,(H,16,17)(H,18,19)/t7-,8+/m1/s1. The second-order valence-electron chi connectivity index (χ2n) is 5.10. The summed E-state index contributed by atoms with van der Waals surface area (Å²) in [6.45, 7) is 3.54. The van der Waals surface area contributed by atoms with Gasteiger partial charge >= 0.3 is 5.97 Å². The SMILES string of the molecule is CC1(C)[C@H](C(=O)O)[C@@H]1C(=O)Nc1cnc(Cl)c(Br)c1. The summed E-state index contributed by atoms with van der Waals surface area (Å²) in [5.41, 5.74) is -0.0411. The van der Waals surface area contributed by atoms with Gasteiger partial charge in [-0.3, -0.25) is 9.59 Å². The number of hydrogen-bond acceptors (Lipinski definition) is 3. The molecule has 0 aromatic carbocycles. The first-order valence-electron chi connectivity index (χ1n) is 5.60. The molecule has 19 heavy (non-hydrogen) atoms. The minimum Gasteiger partial charge on any atom is -0.481 e. The molecule has 1 fully saturated rings. The number of nitrogens with zero attached hydrogens (tertiary/aromatic N) is 1. The van der Waals surface area contributed by atoms with Crippen LogP contribution >= 0.6 is 27.5 Å². The predicted molar refractivity (Wildman–Crippen MR) is 74.0 cm³/mol. The zero-order valence-electron chi connectivity index (χ0n) is 10.3. The van der Waals surface area contributed by atoms with E-state index in [0.717, 1.165) is 0 Å². The van der Waals surface area contributed by atoms with Crippen LogP contribution in [0.2, 0.25) is 5.15 Å². The molecule has 102 valence electrons. The van der Waals surface area contributed by atoms with E-state index in [2.05, 4.69) is 26.2 Å². The molecule has 1 aromatic heterocycles. The summed E-state index contributed by atoms with van der Waals surface area (Å²) >= 11 is 8.96. The van der Waals surface area contributed by atoms with Crippen LogP contribution in [0.4, 0.5) is 5.69 Å². The second-order valence-corrected chi connectivity index (χ2v) is 6.31. The highest BCUT2D eigenvalue weighted by Crippen LogP contribution is 2.58. The third-order valence-electron chi connectivity index (χ3n) is 3.44. The van der Waals surface area contributed by atoms with Gasteiger partial charge in [-0.15, -0.1) is 0 Å². The lowest BCUT2D eigenvalue weighted by Crippen LogP contribution is -2.17. The fourth-order valence-corrected chi connectivity index (χ4v) is 2.75. The van der Waals surface area contributed by atoms with Gasteiger partial charge in [-0.05, 0) is 27.4 Å². The monoisotopic (exact) mass is 346 g/mol. The summed E-state index contributed by atoms with van der Waals surface area (Å²) in [7, 11) is 0. The average molecular weight is 348 g/mol. The first-order chi connectivity index (χ1) is 8.75. The van der Waals surface area contributed by atoms with Gasteiger partial charge in [0, 0.05) is 0 Å². The summed E-state index contributed by atoms with van der Waals surface area (Å²) < 4.78 is 0.566. The highest BCUT2D eigenvalue weighted by Gasteiger charge is 2.65. The van der Waals surface area contributed by atoms with Gasteiger partial charge in [0.2, 0.25) is 5.91 Å². The van der Waals surface area contributed by atoms with Crippen LogP contribution in [0.15, 0.2) is 16.7 Å². The lowest BCUT2D eigenvalue weighted by Gasteiger charge is -2.06. The fourth-order valence-electron chi connectivity index (χ4n) is 2.30. The van der Waals surface area contributed by atoms with Crippen LogP contribution in [0.3, 0.4) is 0 Å². The van der Waals surface area contributed by atoms with Crippen LogP contribution in [0.5, 0.6) is 0 Å². The number of aromatic nitrogens is 1. The van der Waals surface area contributed by atoms with Crippen molar-refractivity contribution in [2.75, 3.05) is 5.32 Å². The van der Waals surface area contributed by atoms with Gasteiger partial charge in [0.05, 0.1) is 28.2 Å². The normalized spacial score (nSPS) is 23.8. The maximum atomic E-state index is 12.1. The Morgan fingerprint density at radius 1 is 1.47 bits per heavy atom. The van der Waals surface area contributed by atoms with Crippen LogP contribution in [0, 0.1) is 17.3 Å². The van der Waals surface area contributed by atoms with Crippen molar-refractivity contribution in [3.63, 3.8) is 0 Å². The molecule has 1 aliphatic rings. The van der Waals surface area contributed by atoms with Gasteiger partial charge in [0.25, 0.3) is 0 Å². The number of carboxylic acids is 1. The molecule has 2 rings (SSSR count). The Labute approximate surface area is 123 Å². The van der Waals surface area contributed by atoms with Crippen LogP contribution in [-0.2, 0) is 9.59 Å². The molecule has 0 saturated heterocycles. The number of nitrogens with one attached hydrogen (secondary N) is 1. The Kier molecular flexibility index (Phi) is 3.57. The van der Waals surface area contributed by atoms with Crippen LogP contribution in [0.1, 0.15) is 13.8 Å². The fraction of sp³-hybridized carbons (Fsp3) is 0.417. The first-order valence-corrected chi connectivity index (χ1v) is 6.77. The van der Waals surface area contributed by atoms with Crippen molar-refractivity contribution in [2.24, 2.45) is 17.3 Å². The quantitative estimate of drug-likeness (QED) is 0.824. The van der Waals surface area contributed by atoms with Gasteiger partial charge in [0.1, 0.15) is 5.15 Å². The van der Waals surface area contributed by atoms with E-state index in [1.807, 2.05) is 0 Å². The number of carboxylic acid groups (broad SMARTS) is 1. The van der Waals surface area contributed by atoms with Gasteiger partial charge in [-0.2, -0.15) is 0 Å². The predicted octanol–water partition coefficient (Wildman–Crippen LogP) is 2.79. The number of carbonyl (C=O) groups is 2. The van der Waals surface area contributed by atoms with Gasteiger partial charge in [0.15, 0.2) is 0 Å². The lowest BCUT2D eigenvalue weighted by atomic mass is 10.1. The number of halogens is 2. The average Bonchev–Trinajstić information content (AvgIpc) is 2.87. The molecule has 0 aliphatic heterocycles. The molecule has 5 nitrogen and oxygen atoms in total. The van der Waals surface area contributed by atoms with Crippen molar-refractivity contribution in [3.8, 4) is 0 Å². The van der Waals surface area contributed by atoms with Crippen LogP contribution in [0.25, 0.3) is 0 Å². The van der Waals surface area contributed by atoms with E-state index in [1.54, 1.807) is 19.9 Å². The maximum Gasteiger partial charge on any atom is 0.307 e. The number of pyridine rings is 1. The Bertz CT molecular complexity index is 562.